The second kappa shape index (κ2) is 11.3. The fraction of sp³-hybridized carbons (Fsp3) is 0.344. The minimum atomic E-state index is -0.246. The van der Waals surface area contributed by atoms with Crippen LogP contribution in [0.5, 0.6) is 17.6 Å². The summed E-state index contributed by atoms with van der Waals surface area (Å²) in [5.41, 5.74) is 5.09. The third-order valence-corrected chi connectivity index (χ3v) is 9.15. The molecule has 11 heteroatoms. The molecule has 0 saturated carbocycles. The van der Waals surface area contributed by atoms with Gasteiger partial charge in [0, 0.05) is 20.1 Å². The molecular formula is C32H32BrFN6O3. The van der Waals surface area contributed by atoms with Gasteiger partial charge in [-0.05, 0) is 70.6 Å². The topological polar surface area (TPSA) is 79.5 Å². The van der Waals surface area contributed by atoms with Gasteiger partial charge in [0.1, 0.15) is 35.4 Å². The molecule has 2 saturated heterocycles. The third-order valence-electron chi connectivity index (χ3n) is 8.61. The van der Waals surface area contributed by atoms with Gasteiger partial charge in [0.25, 0.3) is 0 Å². The van der Waals surface area contributed by atoms with E-state index >= 15 is 0 Å². The zero-order valence-corrected chi connectivity index (χ0v) is 25.7. The van der Waals surface area contributed by atoms with E-state index in [4.69, 9.17) is 24.2 Å². The molecule has 2 aliphatic rings. The van der Waals surface area contributed by atoms with Crippen molar-refractivity contribution in [1.82, 2.24) is 29.2 Å². The monoisotopic (exact) mass is 646 g/mol. The van der Waals surface area contributed by atoms with Gasteiger partial charge in [-0.25, -0.2) is 4.39 Å². The number of rotatable bonds is 9. The highest BCUT2D eigenvalue weighted by molar-refractivity contribution is 9.10. The summed E-state index contributed by atoms with van der Waals surface area (Å²) < 4.78 is 36.3. The Balaban J connectivity index is 1.33. The van der Waals surface area contributed by atoms with Crippen molar-refractivity contribution in [1.29, 1.82) is 0 Å². The molecule has 0 aliphatic carbocycles. The highest BCUT2D eigenvalue weighted by Gasteiger charge is 2.47. The molecule has 222 valence electrons. The van der Waals surface area contributed by atoms with E-state index in [-0.39, 0.29) is 11.5 Å². The van der Waals surface area contributed by atoms with Crippen molar-refractivity contribution >= 4 is 38.0 Å². The number of fused-ring (bicyclic) bond motifs is 4. The number of aromatic nitrogens is 5. The first-order valence-electron chi connectivity index (χ1n) is 14.4. The van der Waals surface area contributed by atoms with Crippen LogP contribution in [-0.2, 0) is 20.2 Å². The number of benzene rings is 2. The molecule has 2 aliphatic heterocycles. The van der Waals surface area contributed by atoms with E-state index in [1.807, 2.05) is 66.3 Å². The van der Waals surface area contributed by atoms with Crippen LogP contribution in [0.3, 0.4) is 0 Å². The lowest BCUT2D eigenvalue weighted by Crippen LogP contribution is -2.43. The van der Waals surface area contributed by atoms with Gasteiger partial charge < -0.3 is 18.8 Å². The lowest BCUT2D eigenvalue weighted by atomic mass is 9.94. The average molecular weight is 648 g/mol. The smallest absolute Gasteiger partial charge is 0.321 e. The van der Waals surface area contributed by atoms with Crippen LogP contribution in [0.2, 0.25) is 0 Å². The summed E-state index contributed by atoms with van der Waals surface area (Å²) in [5, 5.41) is 5.42. The van der Waals surface area contributed by atoms with E-state index in [9.17, 15) is 4.39 Å². The molecule has 2 aromatic carbocycles. The maximum Gasteiger partial charge on any atom is 0.321 e. The van der Waals surface area contributed by atoms with Crippen LogP contribution in [0.1, 0.15) is 30.4 Å². The van der Waals surface area contributed by atoms with Gasteiger partial charge in [-0.1, -0.05) is 42.5 Å². The largest absolute Gasteiger partial charge is 0.497 e. The van der Waals surface area contributed by atoms with Crippen molar-refractivity contribution in [2.75, 3.05) is 26.8 Å². The maximum absolute atomic E-state index is 13.5. The molecule has 3 aromatic heterocycles. The molecule has 0 amide bonds. The van der Waals surface area contributed by atoms with Crippen LogP contribution in [0.4, 0.5) is 4.39 Å². The Kier molecular flexibility index (Phi) is 7.30. The summed E-state index contributed by atoms with van der Waals surface area (Å²) in [6.45, 7) is 2.81. The summed E-state index contributed by atoms with van der Waals surface area (Å²) in [5.74, 6) is 1.22. The van der Waals surface area contributed by atoms with Crippen LogP contribution in [-0.4, -0.2) is 61.6 Å². The molecule has 0 unspecified atom stereocenters. The Morgan fingerprint density at radius 2 is 1.84 bits per heavy atom. The predicted octanol–water partition coefficient (Wildman–Crippen LogP) is 6.19. The fourth-order valence-corrected chi connectivity index (χ4v) is 7.17. The Morgan fingerprint density at radius 3 is 2.60 bits per heavy atom. The molecule has 5 heterocycles. The molecule has 0 radical (unpaired) electrons. The molecule has 0 spiro atoms. The maximum atomic E-state index is 13.5. The van der Waals surface area contributed by atoms with Crippen LogP contribution < -0.4 is 14.2 Å². The van der Waals surface area contributed by atoms with E-state index in [0.29, 0.717) is 48.9 Å². The van der Waals surface area contributed by atoms with Gasteiger partial charge in [0.05, 0.1) is 19.0 Å². The minimum absolute atomic E-state index is 0.234. The number of hydrogen-bond donors (Lipinski definition) is 0. The fourth-order valence-electron chi connectivity index (χ4n) is 6.53. The molecule has 0 bridgehead atoms. The second-order valence-electron chi connectivity index (χ2n) is 11.3. The van der Waals surface area contributed by atoms with Crippen molar-refractivity contribution < 1.29 is 18.6 Å². The van der Waals surface area contributed by atoms with Gasteiger partial charge in [0.15, 0.2) is 10.3 Å². The number of nitrogens with zero attached hydrogens (tertiary/aromatic N) is 6. The van der Waals surface area contributed by atoms with Gasteiger partial charge in [-0.2, -0.15) is 15.1 Å². The van der Waals surface area contributed by atoms with E-state index in [2.05, 4.69) is 30.5 Å². The summed E-state index contributed by atoms with van der Waals surface area (Å²) in [6, 6.07) is 18.2. The Labute approximate surface area is 257 Å². The summed E-state index contributed by atoms with van der Waals surface area (Å²) in [4.78, 5) is 12.1. The molecule has 9 nitrogen and oxygen atoms in total. The molecule has 7 rings (SSSR count). The molecule has 0 N–H and O–H groups in total. The van der Waals surface area contributed by atoms with Gasteiger partial charge in [0.2, 0.25) is 5.88 Å². The van der Waals surface area contributed by atoms with Crippen molar-refractivity contribution in [3.63, 3.8) is 0 Å². The molecule has 5 aromatic rings. The van der Waals surface area contributed by atoms with Crippen LogP contribution in [0.25, 0.3) is 22.1 Å². The van der Waals surface area contributed by atoms with E-state index in [1.165, 1.54) is 0 Å². The lowest BCUT2D eigenvalue weighted by molar-refractivity contribution is 0.107. The van der Waals surface area contributed by atoms with Crippen LogP contribution >= 0.6 is 15.9 Å². The van der Waals surface area contributed by atoms with Crippen LogP contribution in [0, 0.1) is 0 Å². The van der Waals surface area contributed by atoms with Gasteiger partial charge in [-0.3, -0.25) is 9.58 Å². The van der Waals surface area contributed by atoms with Crippen LogP contribution in [0.15, 0.2) is 71.1 Å². The summed E-state index contributed by atoms with van der Waals surface area (Å²) in [7, 11) is 3.56. The highest BCUT2D eigenvalue weighted by Crippen LogP contribution is 2.42. The second-order valence-corrected chi connectivity index (χ2v) is 12.1. The molecule has 43 heavy (non-hydrogen) atoms. The molecule has 1 atom stereocenters. The van der Waals surface area contributed by atoms with Crippen molar-refractivity contribution in [2.45, 2.75) is 38.0 Å². The average Bonchev–Trinajstić information content (AvgIpc) is 3.75. The van der Waals surface area contributed by atoms with E-state index < -0.39 is 0 Å². The van der Waals surface area contributed by atoms with Crippen molar-refractivity contribution in [3.8, 4) is 17.6 Å². The van der Waals surface area contributed by atoms with E-state index in [0.717, 1.165) is 64.6 Å². The first-order valence-corrected chi connectivity index (χ1v) is 15.2. The summed E-state index contributed by atoms with van der Waals surface area (Å²) in [6.07, 6.45) is 3.41. The Bertz CT molecular complexity index is 1820. The number of halogens is 2. The normalized spacial score (nSPS) is 19.5. The standard InChI is InChI=1S/C32H32BrFN6O3/c1-38-26-25-29(40(27(26)28(33)37-38)18-21-9-11-24(41-2)12-10-21)35-31(36-30(25)42-19-22-7-4-3-5-8-22)43-20-32-13-6-14-39(32)17-23(15-32)16-34/h3-5,7-12,16H,6,13-15,17-20H2,1-2H3/b23-16-/t32-/m0/s1. The quantitative estimate of drug-likeness (QED) is 0.189. The number of hydrogen-bond acceptors (Lipinski definition) is 7. The predicted molar refractivity (Wildman–Crippen MR) is 165 cm³/mol. The lowest BCUT2D eigenvalue weighted by Gasteiger charge is -2.30. The van der Waals surface area contributed by atoms with Gasteiger partial charge >= 0.3 is 6.01 Å². The van der Waals surface area contributed by atoms with Crippen molar-refractivity contribution in [3.05, 3.63) is 82.2 Å². The third kappa shape index (κ3) is 5.04. The summed E-state index contributed by atoms with van der Waals surface area (Å²) >= 11 is 3.68. The zero-order chi connectivity index (χ0) is 29.6. The number of ether oxygens (including phenoxy) is 3. The molecular weight excluding hydrogens is 615 g/mol. The SMILES string of the molecule is COc1ccc(Cn2c3nc(OC[C@@]45CCCN4C/C(=C\F)C5)nc(OCc4ccccc4)c3c3c2c(Br)nn3C)cc1. The Hall–Kier alpha value is -3.96. The number of methoxy groups -OCH3 is 1. The van der Waals surface area contributed by atoms with Gasteiger partial charge in [-0.15, -0.1) is 0 Å². The first-order chi connectivity index (χ1) is 21.0. The number of aryl methyl sites for hydroxylation is 1. The zero-order valence-electron chi connectivity index (χ0n) is 24.1. The first kappa shape index (κ1) is 27.8. The van der Waals surface area contributed by atoms with E-state index in [1.54, 1.807) is 7.11 Å². The van der Waals surface area contributed by atoms with Crippen molar-refractivity contribution in [2.24, 2.45) is 7.05 Å². The minimum Gasteiger partial charge on any atom is -0.497 e. The highest BCUT2D eigenvalue weighted by atomic mass is 79.9. The molecule has 2 fully saturated rings. The Morgan fingerprint density at radius 1 is 1.02 bits per heavy atom.